The molecule has 2 aliphatic rings. The van der Waals surface area contributed by atoms with Gasteiger partial charge in [-0.25, -0.2) is 24.3 Å². The molecule has 6 rings (SSSR count). The number of nitrogens with one attached hydrogen (secondary N) is 1. The average Bonchev–Trinajstić information content (AvgIpc) is 3.34. The van der Waals surface area contributed by atoms with Crippen molar-refractivity contribution in [2.75, 3.05) is 18.5 Å². The highest BCUT2D eigenvalue weighted by Crippen LogP contribution is 2.35. The molecule has 0 aliphatic carbocycles. The number of fused-ring (bicyclic) bond motifs is 1. The van der Waals surface area contributed by atoms with Gasteiger partial charge in [0.25, 0.3) is 0 Å². The van der Waals surface area contributed by atoms with E-state index >= 15 is 0 Å². The molecule has 4 aromatic rings. The lowest BCUT2D eigenvalue weighted by atomic mass is 10.2. The second kappa shape index (κ2) is 7.70. The molecule has 2 aliphatic heterocycles. The number of aryl methyl sites for hydroxylation is 1. The zero-order valence-electron chi connectivity index (χ0n) is 17.8. The monoisotopic (exact) mass is 437 g/mol. The van der Waals surface area contributed by atoms with Crippen molar-refractivity contribution < 1.29 is 13.9 Å². The fourth-order valence-corrected chi connectivity index (χ4v) is 4.66. The van der Waals surface area contributed by atoms with Crippen LogP contribution in [0.2, 0.25) is 0 Å². The van der Waals surface area contributed by atoms with E-state index in [1.807, 2.05) is 16.1 Å². The average molecular weight is 437 g/mol. The van der Waals surface area contributed by atoms with Gasteiger partial charge >= 0.3 is 0 Å². The Morgan fingerprint density at radius 1 is 1.16 bits per heavy atom. The largest absolute Gasteiger partial charge is 0.488 e. The van der Waals surface area contributed by atoms with Crippen LogP contribution >= 0.6 is 0 Å². The SMILES string of the molecule is CC(Nc1ncnc2c1ncn2C1CCCCO1)c1nc2ccc(F)c3c2n1CCCO3. The number of hydrogen-bond acceptors (Lipinski definition) is 7. The Hall–Kier alpha value is -3.27. The number of aromatic nitrogens is 6. The summed E-state index contributed by atoms with van der Waals surface area (Å²) in [6.45, 7) is 3.95. The van der Waals surface area contributed by atoms with Crippen molar-refractivity contribution in [1.82, 2.24) is 29.1 Å². The first-order valence-corrected chi connectivity index (χ1v) is 11.1. The normalized spacial score (nSPS) is 19.6. The lowest BCUT2D eigenvalue weighted by molar-refractivity contribution is -0.0298. The third-order valence-corrected chi connectivity index (χ3v) is 6.18. The maximum absolute atomic E-state index is 14.4. The summed E-state index contributed by atoms with van der Waals surface area (Å²) in [7, 11) is 0. The highest BCUT2D eigenvalue weighted by molar-refractivity contribution is 5.84. The van der Waals surface area contributed by atoms with E-state index < -0.39 is 0 Å². The van der Waals surface area contributed by atoms with Gasteiger partial charge in [0.1, 0.15) is 23.9 Å². The Morgan fingerprint density at radius 2 is 2.09 bits per heavy atom. The van der Waals surface area contributed by atoms with Crippen LogP contribution in [-0.2, 0) is 11.3 Å². The minimum Gasteiger partial charge on any atom is -0.488 e. The molecule has 2 unspecified atom stereocenters. The summed E-state index contributed by atoms with van der Waals surface area (Å²) >= 11 is 0. The molecule has 10 heteroatoms. The molecule has 0 saturated carbocycles. The summed E-state index contributed by atoms with van der Waals surface area (Å²) in [6.07, 6.45) is 7.20. The molecule has 1 aromatic carbocycles. The van der Waals surface area contributed by atoms with Gasteiger partial charge in [-0.15, -0.1) is 0 Å². The molecule has 0 amide bonds. The lowest BCUT2D eigenvalue weighted by Gasteiger charge is -2.23. The van der Waals surface area contributed by atoms with Gasteiger partial charge in [-0.3, -0.25) is 4.57 Å². The van der Waals surface area contributed by atoms with E-state index in [0.29, 0.717) is 30.0 Å². The molecular weight excluding hydrogens is 413 g/mol. The first kappa shape index (κ1) is 19.4. The second-order valence-corrected chi connectivity index (χ2v) is 8.30. The summed E-state index contributed by atoms with van der Waals surface area (Å²) in [5, 5.41) is 3.45. The predicted octanol–water partition coefficient (Wildman–Crippen LogP) is 3.97. The molecule has 1 fully saturated rings. The van der Waals surface area contributed by atoms with Crippen molar-refractivity contribution in [3.63, 3.8) is 0 Å². The van der Waals surface area contributed by atoms with Gasteiger partial charge in [-0.05, 0) is 44.7 Å². The zero-order chi connectivity index (χ0) is 21.7. The third-order valence-electron chi connectivity index (χ3n) is 6.18. The summed E-state index contributed by atoms with van der Waals surface area (Å²) in [5.41, 5.74) is 2.86. The van der Waals surface area contributed by atoms with Crippen LogP contribution in [0.5, 0.6) is 5.75 Å². The maximum Gasteiger partial charge on any atom is 0.180 e. The Morgan fingerprint density at radius 3 is 2.97 bits per heavy atom. The number of benzene rings is 1. The molecular formula is C22H24FN7O2. The minimum atomic E-state index is -0.360. The van der Waals surface area contributed by atoms with Crippen molar-refractivity contribution in [2.24, 2.45) is 0 Å². The Labute approximate surface area is 183 Å². The Balaban J connectivity index is 1.36. The van der Waals surface area contributed by atoms with E-state index in [4.69, 9.17) is 14.5 Å². The molecule has 3 aromatic heterocycles. The van der Waals surface area contributed by atoms with Gasteiger partial charge in [-0.1, -0.05) is 0 Å². The van der Waals surface area contributed by atoms with Gasteiger partial charge in [-0.2, -0.15) is 0 Å². The van der Waals surface area contributed by atoms with E-state index in [-0.39, 0.29) is 23.8 Å². The van der Waals surface area contributed by atoms with Gasteiger partial charge in [0.05, 0.1) is 24.5 Å². The third kappa shape index (κ3) is 3.09. The van der Waals surface area contributed by atoms with E-state index in [2.05, 4.69) is 20.3 Å². The second-order valence-electron chi connectivity index (χ2n) is 8.30. The molecule has 32 heavy (non-hydrogen) atoms. The van der Waals surface area contributed by atoms with Gasteiger partial charge in [0.2, 0.25) is 0 Å². The first-order chi connectivity index (χ1) is 15.7. The smallest absolute Gasteiger partial charge is 0.180 e. The van der Waals surface area contributed by atoms with Crippen LogP contribution in [0.1, 0.15) is 50.7 Å². The molecule has 0 bridgehead atoms. The molecule has 2 atom stereocenters. The van der Waals surface area contributed by atoms with Crippen molar-refractivity contribution >= 4 is 28.0 Å². The molecule has 0 radical (unpaired) electrons. The summed E-state index contributed by atoms with van der Waals surface area (Å²) in [5.74, 6) is 1.36. The standard InChI is InChI=1S/C22H24FN7O2/c1-13(21-28-15-7-6-14(23)19-18(15)29(21)8-4-10-32-19)27-20-17-22(25-11-24-20)30(12-26-17)16-5-2-3-9-31-16/h6-7,11-13,16H,2-5,8-10H2,1H3,(H,24,25,27). The van der Waals surface area contributed by atoms with Crippen molar-refractivity contribution in [2.45, 2.75) is 51.4 Å². The molecule has 0 spiro atoms. The fraction of sp³-hybridized carbons (Fsp3) is 0.455. The number of rotatable bonds is 4. The number of anilines is 1. The molecule has 166 valence electrons. The number of halogens is 1. The predicted molar refractivity (Wildman–Crippen MR) is 116 cm³/mol. The topological polar surface area (TPSA) is 91.9 Å². The van der Waals surface area contributed by atoms with Crippen LogP contribution in [0.3, 0.4) is 0 Å². The number of ether oxygens (including phenoxy) is 2. The maximum atomic E-state index is 14.4. The zero-order valence-corrected chi connectivity index (χ0v) is 17.8. The van der Waals surface area contributed by atoms with Crippen LogP contribution < -0.4 is 10.1 Å². The highest BCUT2D eigenvalue weighted by Gasteiger charge is 2.25. The molecule has 1 N–H and O–H groups in total. The van der Waals surface area contributed by atoms with Gasteiger partial charge in [0.15, 0.2) is 28.5 Å². The van der Waals surface area contributed by atoms with Crippen LogP contribution in [0, 0.1) is 5.82 Å². The Kier molecular flexibility index (Phi) is 4.67. The van der Waals surface area contributed by atoms with Crippen molar-refractivity contribution in [3.05, 3.63) is 36.4 Å². The fourth-order valence-electron chi connectivity index (χ4n) is 4.66. The lowest BCUT2D eigenvalue weighted by Crippen LogP contribution is -2.18. The number of hydrogen-bond donors (Lipinski definition) is 1. The van der Waals surface area contributed by atoms with Gasteiger partial charge < -0.3 is 19.4 Å². The van der Waals surface area contributed by atoms with Crippen LogP contribution in [0.25, 0.3) is 22.2 Å². The minimum absolute atomic E-state index is 0.0481. The first-order valence-electron chi connectivity index (χ1n) is 11.1. The molecule has 9 nitrogen and oxygen atoms in total. The number of nitrogens with zero attached hydrogens (tertiary/aromatic N) is 6. The van der Waals surface area contributed by atoms with Crippen LogP contribution in [0.15, 0.2) is 24.8 Å². The van der Waals surface area contributed by atoms with Crippen LogP contribution in [0.4, 0.5) is 10.2 Å². The molecule has 5 heterocycles. The summed E-state index contributed by atoms with van der Waals surface area (Å²) < 4.78 is 30.0. The van der Waals surface area contributed by atoms with E-state index in [0.717, 1.165) is 49.3 Å². The van der Waals surface area contributed by atoms with Gasteiger partial charge in [0, 0.05) is 13.2 Å². The van der Waals surface area contributed by atoms with Crippen molar-refractivity contribution in [3.8, 4) is 5.75 Å². The molecule has 1 saturated heterocycles. The van der Waals surface area contributed by atoms with E-state index in [1.54, 1.807) is 12.4 Å². The van der Waals surface area contributed by atoms with Crippen LogP contribution in [-0.4, -0.2) is 42.3 Å². The van der Waals surface area contributed by atoms with Crippen molar-refractivity contribution in [1.29, 1.82) is 0 Å². The Bertz CT molecular complexity index is 1290. The highest BCUT2D eigenvalue weighted by atomic mass is 19.1. The van der Waals surface area contributed by atoms with E-state index in [1.165, 1.54) is 12.4 Å². The summed E-state index contributed by atoms with van der Waals surface area (Å²) in [4.78, 5) is 18.3. The summed E-state index contributed by atoms with van der Waals surface area (Å²) in [6, 6.07) is 2.92. The number of imidazole rings is 2. The quantitative estimate of drug-likeness (QED) is 0.516. The van der Waals surface area contributed by atoms with E-state index in [9.17, 15) is 4.39 Å².